The van der Waals surface area contributed by atoms with Crippen LogP contribution in [0.5, 0.6) is 0 Å². The van der Waals surface area contributed by atoms with E-state index in [-0.39, 0.29) is 9.92 Å². The molecule has 6 nitrogen and oxygen atoms in total. The number of benzene rings is 3. The summed E-state index contributed by atoms with van der Waals surface area (Å²) in [4.78, 5) is 2.20. The number of piperazine rings is 1. The number of halogens is 1. The molecule has 8 heteroatoms. The molecule has 5 rings (SSSR count). The van der Waals surface area contributed by atoms with Crippen molar-refractivity contribution >= 4 is 38.2 Å². The molecule has 2 heterocycles. The number of aromatic nitrogens is 2. The second-order valence-electron chi connectivity index (χ2n) is 7.63. The first-order chi connectivity index (χ1) is 15.5. The summed E-state index contributed by atoms with van der Waals surface area (Å²) in [6.07, 6.45) is 0. The molecule has 0 amide bonds. The molecule has 162 valence electrons. The lowest BCUT2D eigenvalue weighted by atomic mass is 10.0. The number of anilines is 1. The second kappa shape index (κ2) is 8.50. The van der Waals surface area contributed by atoms with Crippen LogP contribution < -0.4 is 4.90 Å². The van der Waals surface area contributed by atoms with Crippen LogP contribution in [0.4, 0.5) is 5.82 Å². The molecule has 0 spiro atoms. The van der Waals surface area contributed by atoms with Gasteiger partial charge in [-0.15, -0.1) is 10.2 Å². The van der Waals surface area contributed by atoms with Gasteiger partial charge in [0, 0.05) is 31.7 Å². The smallest absolute Gasteiger partial charge is 0.244 e. The molecule has 0 radical (unpaired) electrons. The van der Waals surface area contributed by atoms with Crippen LogP contribution in [0, 0.1) is 0 Å². The Bertz CT molecular complexity index is 1360. The van der Waals surface area contributed by atoms with Crippen LogP contribution in [0.15, 0.2) is 83.8 Å². The van der Waals surface area contributed by atoms with Crippen LogP contribution >= 0.6 is 11.6 Å². The minimum Gasteiger partial charge on any atom is -0.352 e. The van der Waals surface area contributed by atoms with Crippen molar-refractivity contribution in [1.29, 1.82) is 0 Å². The third-order valence-corrected chi connectivity index (χ3v) is 8.13. The van der Waals surface area contributed by atoms with E-state index in [2.05, 4.69) is 33.3 Å². The molecule has 0 N–H and O–H groups in total. The molecule has 0 saturated carbocycles. The van der Waals surface area contributed by atoms with Crippen LogP contribution in [-0.2, 0) is 10.0 Å². The maximum atomic E-state index is 13.0. The van der Waals surface area contributed by atoms with Gasteiger partial charge < -0.3 is 4.90 Å². The lowest BCUT2D eigenvalue weighted by Gasteiger charge is -2.34. The summed E-state index contributed by atoms with van der Waals surface area (Å²) >= 11 is 6.12. The Labute approximate surface area is 192 Å². The largest absolute Gasteiger partial charge is 0.352 e. The van der Waals surface area contributed by atoms with Crippen molar-refractivity contribution in [2.75, 3.05) is 31.1 Å². The zero-order chi connectivity index (χ0) is 22.1. The number of hydrogen-bond donors (Lipinski definition) is 0. The Kier molecular flexibility index (Phi) is 5.55. The fourth-order valence-corrected chi connectivity index (χ4v) is 5.95. The Morgan fingerprint density at radius 1 is 0.750 bits per heavy atom. The Morgan fingerprint density at radius 3 is 2.22 bits per heavy atom. The summed E-state index contributed by atoms with van der Waals surface area (Å²) in [7, 11) is -3.62. The van der Waals surface area contributed by atoms with E-state index in [1.54, 1.807) is 24.3 Å². The lowest BCUT2D eigenvalue weighted by Crippen LogP contribution is -2.49. The lowest BCUT2D eigenvalue weighted by molar-refractivity contribution is 0.383. The third-order valence-electron chi connectivity index (χ3n) is 5.73. The molecule has 1 aromatic heterocycles. The van der Waals surface area contributed by atoms with Crippen LogP contribution in [0.1, 0.15) is 0 Å². The van der Waals surface area contributed by atoms with E-state index in [4.69, 9.17) is 11.6 Å². The molecule has 0 atom stereocenters. The highest BCUT2D eigenvalue weighted by atomic mass is 35.5. The summed E-state index contributed by atoms with van der Waals surface area (Å²) in [5.41, 5.74) is 1.85. The molecule has 32 heavy (non-hydrogen) atoms. The standard InChI is InChI=1S/C24H21ClN4O2S/c25-21-10-3-4-11-23(21)32(30,31)29-16-14-28(15-17-29)24-13-12-22(26-27-24)20-9-5-7-18-6-1-2-8-19(18)20/h1-13H,14-17H2. The van der Waals surface area contributed by atoms with Gasteiger partial charge in [-0.25, -0.2) is 8.42 Å². The molecular weight excluding hydrogens is 444 g/mol. The normalized spacial score (nSPS) is 15.2. The zero-order valence-corrected chi connectivity index (χ0v) is 18.8. The highest BCUT2D eigenvalue weighted by molar-refractivity contribution is 7.89. The third kappa shape index (κ3) is 3.83. The van der Waals surface area contributed by atoms with E-state index < -0.39 is 10.0 Å². The van der Waals surface area contributed by atoms with Gasteiger partial charge in [-0.1, -0.05) is 66.2 Å². The van der Waals surface area contributed by atoms with E-state index in [9.17, 15) is 8.42 Å². The quantitative estimate of drug-likeness (QED) is 0.446. The summed E-state index contributed by atoms with van der Waals surface area (Å²) < 4.78 is 27.4. The minimum atomic E-state index is -3.62. The average molecular weight is 465 g/mol. The van der Waals surface area contributed by atoms with Gasteiger partial charge in [0.1, 0.15) is 4.90 Å². The summed E-state index contributed by atoms with van der Waals surface area (Å²) in [5, 5.41) is 11.4. The van der Waals surface area contributed by atoms with Gasteiger partial charge in [0.05, 0.1) is 10.7 Å². The summed E-state index contributed by atoms with van der Waals surface area (Å²) in [6, 6.07) is 24.8. The van der Waals surface area contributed by atoms with Gasteiger partial charge >= 0.3 is 0 Å². The maximum absolute atomic E-state index is 13.0. The highest BCUT2D eigenvalue weighted by Crippen LogP contribution is 2.28. The summed E-state index contributed by atoms with van der Waals surface area (Å²) in [5.74, 6) is 0.740. The van der Waals surface area contributed by atoms with Gasteiger partial charge in [-0.3, -0.25) is 0 Å². The van der Waals surface area contributed by atoms with Crippen molar-refractivity contribution < 1.29 is 8.42 Å². The van der Waals surface area contributed by atoms with Gasteiger partial charge in [-0.05, 0) is 35.0 Å². The number of rotatable bonds is 4. The second-order valence-corrected chi connectivity index (χ2v) is 9.94. The maximum Gasteiger partial charge on any atom is 0.244 e. The molecule has 0 aliphatic carbocycles. The first-order valence-corrected chi connectivity index (χ1v) is 12.2. The monoisotopic (exact) mass is 464 g/mol. The van der Waals surface area contributed by atoms with Crippen molar-refractivity contribution in [3.63, 3.8) is 0 Å². The van der Waals surface area contributed by atoms with Crippen molar-refractivity contribution in [2.24, 2.45) is 0 Å². The molecule has 1 aliphatic rings. The number of nitrogens with zero attached hydrogens (tertiary/aromatic N) is 4. The molecular formula is C24H21ClN4O2S. The molecule has 1 saturated heterocycles. The van der Waals surface area contributed by atoms with Crippen LogP contribution in [0.3, 0.4) is 0 Å². The molecule has 3 aromatic carbocycles. The predicted octanol–water partition coefficient (Wildman–Crippen LogP) is 4.46. The van der Waals surface area contributed by atoms with Crippen LogP contribution in [-0.4, -0.2) is 49.1 Å². The van der Waals surface area contributed by atoms with E-state index in [0.29, 0.717) is 26.2 Å². The number of sulfonamides is 1. The van der Waals surface area contributed by atoms with Gasteiger partial charge in [-0.2, -0.15) is 4.31 Å². The van der Waals surface area contributed by atoms with E-state index in [1.165, 1.54) is 4.31 Å². The van der Waals surface area contributed by atoms with Gasteiger partial charge in [0.15, 0.2) is 5.82 Å². The Balaban J connectivity index is 1.32. The molecule has 0 bridgehead atoms. The topological polar surface area (TPSA) is 66.4 Å². The first-order valence-electron chi connectivity index (χ1n) is 10.4. The van der Waals surface area contributed by atoms with Crippen molar-refractivity contribution in [3.8, 4) is 11.3 Å². The van der Waals surface area contributed by atoms with Crippen molar-refractivity contribution in [1.82, 2.24) is 14.5 Å². The molecule has 1 aliphatic heterocycles. The summed E-state index contributed by atoms with van der Waals surface area (Å²) in [6.45, 7) is 1.79. The van der Waals surface area contributed by atoms with Gasteiger partial charge in [0.25, 0.3) is 0 Å². The van der Waals surface area contributed by atoms with E-state index in [0.717, 1.165) is 27.8 Å². The van der Waals surface area contributed by atoms with Crippen LogP contribution in [0.25, 0.3) is 22.0 Å². The van der Waals surface area contributed by atoms with Gasteiger partial charge in [0.2, 0.25) is 10.0 Å². The fourth-order valence-electron chi connectivity index (χ4n) is 4.04. The van der Waals surface area contributed by atoms with Crippen LogP contribution in [0.2, 0.25) is 5.02 Å². The molecule has 4 aromatic rings. The minimum absolute atomic E-state index is 0.148. The Morgan fingerprint density at radius 2 is 1.47 bits per heavy atom. The molecule has 1 fully saturated rings. The first kappa shape index (κ1) is 20.9. The average Bonchev–Trinajstić information content (AvgIpc) is 2.84. The Hall–Kier alpha value is -3.00. The number of fused-ring (bicyclic) bond motifs is 1. The highest BCUT2D eigenvalue weighted by Gasteiger charge is 2.30. The number of hydrogen-bond acceptors (Lipinski definition) is 5. The van der Waals surface area contributed by atoms with Crippen molar-refractivity contribution in [3.05, 3.63) is 83.9 Å². The van der Waals surface area contributed by atoms with E-state index >= 15 is 0 Å². The molecule has 0 unspecified atom stereocenters. The van der Waals surface area contributed by atoms with Crippen molar-refractivity contribution in [2.45, 2.75) is 4.90 Å². The van der Waals surface area contributed by atoms with E-state index in [1.807, 2.05) is 36.4 Å². The predicted molar refractivity (Wildman–Crippen MR) is 127 cm³/mol. The zero-order valence-electron chi connectivity index (χ0n) is 17.2. The SMILES string of the molecule is O=S(=O)(c1ccccc1Cl)N1CCN(c2ccc(-c3cccc4ccccc34)nn2)CC1. The fraction of sp³-hybridized carbons (Fsp3) is 0.167.